The van der Waals surface area contributed by atoms with Gasteiger partial charge in [0.15, 0.2) is 0 Å². The van der Waals surface area contributed by atoms with Crippen molar-refractivity contribution in [2.45, 2.75) is 84.1 Å². The van der Waals surface area contributed by atoms with Gasteiger partial charge in [0.25, 0.3) is 10.1 Å². The van der Waals surface area contributed by atoms with Crippen LogP contribution in [0.3, 0.4) is 0 Å². The summed E-state index contributed by atoms with van der Waals surface area (Å²) < 4.78 is 71.1. The van der Waals surface area contributed by atoms with E-state index in [1.807, 2.05) is 24.3 Å². The van der Waals surface area contributed by atoms with E-state index in [0.29, 0.717) is 11.9 Å². The second-order valence-corrected chi connectivity index (χ2v) is 15.6. The molecule has 0 amide bonds. The van der Waals surface area contributed by atoms with E-state index in [2.05, 4.69) is 79.4 Å². The fourth-order valence-corrected chi connectivity index (χ4v) is 7.19. The van der Waals surface area contributed by atoms with E-state index in [0.717, 1.165) is 37.6 Å². The SMILES string of the molecule is C.CC1CCC(Oc2ccc3ccc(Br)cc3c2)CC1.CS(=O)(=O)OC1CCC(C(F)(F)F)CC1.Oc1ccc2ccc(Br)cc2c1. The van der Waals surface area contributed by atoms with Crippen molar-refractivity contribution in [3.63, 3.8) is 0 Å². The van der Waals surface area contributed by atoms with E-state index in [9.17, 15) is 26.7 Å². The fraction of sp³-hybridized carbons (Fsp3) is 0.444. The fourth-order valence-electron chi connectivity index (χ4n) is 5.75. The Balaban J connectivity index is 0.000000195. The first-order chi connectivity index (χ1) is 21.6. The molecule has 2 aliphatic carbocycles. The highest BCUT2D eigenvalue weighted by atomic mass is 79.9. The first kappa shape index (κ1) is 39.1. The summed E-state index contributed by atoms with van der Waals surface area (Å²) in [5, 5.41) is 13.9. The second kappa shape index (κ2) is 17.4. The van der Waals surface area contributed by atoms with Gasteiger partial charge >= 0.3 is 6.18 Å². The molecular weight excluding hydrogens is 761 g/mol. The van der Waals surface area contributed by atoms with Gasteiger partial charge in [-0.25, -0.2) is 0 Å². The number of alkyl halides is 3. The van der Waals surface area contributed by atoms with Crippen LogP contribution in [-0.4, -0.2) is 38.2 Å². The van der Waals surface area contributed by atoms with Crippen molar-refractivity contribution in [1.82, 2.24) is 0 Å². The van der Waals surface area contributed by atoms with Crippen LogP contribution in [0.15, 0.2) is 81.7 Å². The molecule has 2 fully saturated rings. The molecule has 0 aliphatic heterocycles. The molecule has 0 radical (unpaired) electrons. The van der Waals surface area contributed by atoms with E-state index < -0.39 is 28.3 Å². The Morgan fingerprint density at radius 3 is 1.72 bits per heavy atom. The average Bonchev–Trinajstić information content (AvgIpc) is 2.97. The minimum atomic E-state index is -4.17. The number of aromatic hydroxyl groups is 1. The smallest absolute Gasteiger partial charge is 0.391 e. The van der Waals surface area contributed by atoms with Crippen molar-refractivity contribution in [2.75, 3.05) is 6.26 Å². The summed E-state index contributed by atoms with van der Waals surface area (Å²) in [5.74, 6) is 0.870. The zero-order chi connectivity index (χ0) is 33.5. The molecule has 2 aliphatic rings. The van der Waals surface area contributed by atoms with Crippen LogP contribution in [0.1, 0.15) is 65.7 Å². The molecule has 47 heavy (non-hydrogen) atoms. The van der Waals surface area contributed by atoms with E-state index in [1.165, 1.54) is 36.5 Å². The Morgan fingerprint density at radius 2 is 1.19 bits per heavy atom. The van der Waals surface area contributed by atoms with E-state index in [-0.39, 0.29) is 33.1 Å². The van der Waals surface area contributed by atoms with Gasteiger partial charge in [0.2, 0.25) is 0 Å². The maximum Gasteiger partial charge on any atom is 0.391 e. The van der Waals surface area contributed by atoms with Gasteiger partial charge in [-0.2, -0.15) is 21.6 Å². The van der Waals surface area contributed by atoms with Crippen molar-refractivity contribution in [1.29, 1.82) is 0 Å². The highest BCUT2D eigenvalue weighted by Crippen LogP contribution is 2.38. The van der Waals surface area contributed by atoms with E-state index in [4.69, 9.17) is 4.74 Å². The number of rotatable bonds is 4. The van der Waals surface area contributed by atoms with Crippen LogP contribution < -0.4 is 4.74 Å². The van der Waals surface area contributed by atoms with Gasteiger partial charge in [-0.15, -0.1) is 0 Å². The van der Waals surface area contributed by atoms with E-state index in [1.54, 1.807) is 12.1 Å². The third-order valence-electron chi connectivity index (χ3n) is 8.27. The Labute approximate surface area is 293 Å². The van der Waals surface area contributed by atoms with Crippen molar-refractivity contribution in [3.05, 3.63) is 81.7 Å². The predicted octanol–water partition coefficient (Wildman–Crippen LogP) is 11.6. The average molecular weight is 805 g/mol. The first-order valence-corrected chi connectivity index (χ1v) is 18.7. The van der Waals surface area contributed by atoms with Crippen LogP contribution in [0.5, 0.6) is 11.5 Å². The quantitative estimate of drug-likeness (QED) is 0.208. The lowest BCUT2D eigenvalue weighted by molar-refractivity contribution is -0.185. The third kappa shape index (κ3) is 12.9. The van der Waals surface area contributed by atoms with Crippen LogP contribution in [0.4, 0.5) is 13.2 Å². The number of hydrogen-bond acceptors (Lipinski definition) is 5. The second-order valence-electron chi connectivity index (χ2n) is 12.1. The molecule has 0 bridgehead atoms. The summed E-state index contributed by atoms with van der Waals surface area (Å²) in [7, 11) is -3.56. The summed E-state index contributed by atoms with van der Waals surface area (Å²) in [5.41, 5.74) is 0. The molecule has 4 aromatic rings. The minimum absolute atomic E-state index is 0. The molecule has 258 valence electrons. The summed E-state index contributed by atoms with van der Waals surface area (Å²) >= 11 is 6.90. The Bertz CT molecular complexity index is 1660. The largest absolute Gasteiger partial charge is 0.508 e. The summed E-state index contributed by atoms with van der Waals surface area (Å²) in [6.07, 6.45) is 1.73. The normalized spacial score (nSPS) is 21.4. The highest BCUT2D eigenvalue weighted by Gasteiger charge is 2.42. The Hall–Kier alpha value is -2.34. The molecule has 0 aromatic heterocycles. The third-order valence-corrected chi connectivity index (χ3v) is 9.88. The number of halogens is 5. The lowest BCUT2D eigenvalue weighted by Gasteiger charge is -2.28. The monoisotopic (exact) mass is 802 g/mol. The number of ether oxygens (including phenoxy) is 1. The van der Waals surface area contributed by atoms with Gasteiger partial charge in [-0.3, -0.25) is 4.18 Å². The van der Waals surface area contributed by atoms with Crippen molar-refractivity contribution in [3.8, 4) is 11.5 Å². The number of phenolic OH excluding ortho intramolecular Hbond substituents is 1. The van der Waals surface area contributed by atoms with Gasteiger partial charge in [-0.05, 0) is 127 Å². The zero-order valence-electron chi connectivity index (χ0n) is 25.8. The molecule has 2 saturated carbocycles. The summed E-state index contributed by atoms with van der Waals surface area (Å²) in [4.78, 5) is 0. The minimum Gasteiger partial charge on any atom is -0.508 e. The molecule has 0 atom stereocenters. The first-order valence-electron chi connectivity index (χ1n) is 15.3. The summed E-state index contributed by atoms with van der Waals surface area (Å²) in [6, 6.07) is 24.1. The molecule has 6 rings (SSSR count). The number of phenols is 1. The van der Waals surface area contributed by atoms with Crippen LogP contribution in [0.25, 0.3) is 21.5 Å². The topological polar surface area (TPSA) is 72.8 Å². The van der Waals surface area contributed by atoms with Gasteiger partial charge in [0.05, 0.1) is 24.4 Å². The van der Waals surface area contributed by atoms with Gasteiger partial charge in [0, 0.05) is 8.95 Å². The standard InChI is InChI=1S/C17H19BrO.C10H7BrO.C8H13F3O3S.CH4/c1-12-2-7-16(8-3-12)19-17-9-5-13-4-6-15(18)10-14(13)11-17;11-9-3-1-7-2-4-10(12)6-8(7)5-9;1-15(12,13)14-7-4-2-6(3-5-7)8(9,10)11;/h4-6,9-12,16H,2-3,7-8H2,1H3;1-6,12H;6-7H,2-5H2,1H3;1H4. The molecule has 0 unspecified atom stereocenters. The number of hydrogen-bond donors (Lipinski definition) is 1. The summed E-state index contributed by atoms with van der Waals surface area (Å²) in [6.45, 7) is 2.34. The van der Waals surface area contributed by atoms with Gasteiger partial charge < -0.3 is 9.84 Å². The van der Waals surface area contributed by atoms with Gasteiger partial charge in [-0.1, -0.05) is 70.5 Å². The van der Waals surface area contributed by atoms with Crippen molar-refractivity contribution in [2.24, 2.45) is 11.8 Å². The molecule has 4 aromatic carbocycles. The Morgan fingerprint density at radius 1 is 0.702 bits per heavy atom. The maximum absolute atomic E-state index is 12.2. The van der Waals surface area contributed by atoms with Crippen LogP contribution in [0.2, 0.25) is 0 Å². The molecule has 11 heteroatoms. The molecule has 0 spiro atoms. The maximum atomic E-state index is 12.2. The lowest BCUT2D eigenvalue weighted by Crippen LogP contribution is -2.31. The zero-order valence-corrected chi connectivity index (χ0v) is 29.8. The van der Waals surface area contributed by atoms with Gasteiger partial charge in [0.1, 0.15) is 11.5 Å². The number of fused-ring (bicyclic) bond motifs is 2. The van der Waals surface area contributed by atoms with Crippen LogP contribution in [-0.2, 0) is 14.3 Å². The lowest BCUT2D eigenvalue weighted by atomic mass is 9.87. The predicted molar refractivity (Wildman–Crippen MR) is 191 cm³/mol. The van der Waals surface area contributed by atoms with Crippen LogP contribution >= 0.6 is 31.9 Å². The van der Waals surface area contributed by atoms with Crippen molar-refractivity contribution >= 4 is 63.5 Å². The molecule has 5 nitrogen and oxygen atoms in total. The highest BCUT2D eigenvalue weighted by molar-refractivity contribution is 9.10. The Kier molecular flexibility index (Phi) is 14.4. The van der Waals surface area contributed by atoms with E-state index >= 15 is 0 Å². The molecule has 1 N–H and O–H groups in total. The van der Waals surface area contributed by atoms with Crippen molar-refractivity contribution < 1.29 is 35.6 Å². The molecular formula is C36H43Br2F3O5S. The molecule has 0 saturated heterocycles. The molecule has 0 heterocycles. The van der Waals surface area contributed by atoms with Crippen LogP contribution in [0, 0.1) is 11.8 Å². The number of benzene rings is 4.